The zero-order valence-electron chi connectivity index (χ0n) is 9.40. The molecule has 0 aliphatic heterocycles. The second kappa shape index (κ2) is 4.23. The molecule has 0 saturated heterocycles. The first-order valence-corrected chi connectivity index (χ1v) is 5.13. The summed E-state index contributed by atoms with van der Waals surface area (Å²) >= 11 is 0. The van der Waals surface area contributed by atoms with E-state index in [1.807, 2.05) is 32.0 Å². The minimum Gasteiger partial charge on any atom is -0.437 e. The van der Waals surface area contributed by atoms with Gasteiger partial charge < -0.3 is 10.5 Å². The van der Waals surface area contributed by atoms with Gasteiger partial charge in [-0.05, 0) is 43.2 Å². The minimum atomic E-state index is 0.455. The Morgan fingerprint density at radius 1 is 1.12 bits per heavy atom. The van der Waals surface area contributed by atoms with E-state index in [4.69, 9.17) is 10.5 Å². The maximum Gasteiger partial charge on any atom is 0.242 e. The van der Waals surface area contributed by atoms with Gasteiger partial charge in [0.2, 0.25) is 5.88 Å². The third-order valence-electron chi connectivity index (χ3n) is 2.56. The van der Waals surface area contributed by atoms with Crippen LogP contribution in [0, 0.1) is 13.8 Å². The number of nitrogens with two attached hydrogens (primary N) is 1. The zero-order chi connectivity index (χ0) is 11.5. The summed E-state index contributed by atoms with van der Waals surface area (Å²) in [4.78, 5) is 4.10. The molecule has 2 N–H and O–H groups in total. The molecule has 0 fully saturated rings. The molecule has 0 aliphatic carbocycles. The van der Waals surface area contributed by atoms with Crippen molar-refractivity contribution in [2.24, 2.45) is 0 Å². The Kier molecular flexibility index (Phi) is 2.77. The standard InChI is InChI=1S/C13H14N2O/c1-9-5-3-7-12(10(9)2)16-13-11(14)6-4-8-15-13/h3-8H,14H2,1-2H3. The molecule has 3 heteroatoms. The number of rotatable bonds is 2. The highest BCUT2D eigenvalue weighted by Crippen LogP contribution is 2.28. The molecular weight excluding hydrogens is 200 g/mol. The topological polar surface area (TPSA) is 48.1 Å². The van der Waals surface area contributed by atoms with E-state index in [1.54, 1.807) is 18.3 Å². The number of nitrogens with zero attached hydrogens (tertiary/aromatic N) is 1. The quantitative estimate of drug-likeness (QED) is 0.835. The van der Waals surface area contributed by atoms with Crippen LogP contribution in [0.3, 0.4) is 0 Å². The first-order chi connectivity index (χ1) is 7.68. The molecule has 1 heterocycles. The summed E-state index contributed by atoms with van der Waals surface area (Å²) in [6.07, 6.45) is 1.66. The lowest BCUT2D eigenvalue weighted by Gasteiger charge is -2.10. The average molecular weight is 214 g/mol. The molecule has 0 amide bonds. The smallest absolute Gasteiger partial charge is 0.242 e. The Morgan fingerprint density at radius 3 is 2.69 bits per heavy atom. The molecule has 0 aliphatic rings. The van der Waals surface area contributed by atoms with E-state index in [2.05, 4.69) is 4.98 Å². The van der Waals surface area contributed by atoms with Crippen molar-refractivity contribution in [3.8, 4) is 11.6 Å². The van der Waals surface area contributed by atoms with E-state index >= 15 is 0 Å². The van der Waals surface area contributed by atoms with Gasteiger partial charge in [-0.1, -0.05) is 12.1 Å². The van der Waals surface area contributed by atoms with E-state index in [-0.39, 0.29) is 0 Å². The van der Waals surface area contributed by atoms with E-state index in [0.717, 1.165) is 11.3 Å². The first-order valence-electron chi connectivity index (χ1n) is 5.13. The Bertz CT molecular complexity index is 509. The van der Waals surface area contributed by atoms with Gasteiger partial charge in [0.1, 0.15) is 5.75 Å². The van der Waals surface area contributed by atoms with Gasteiger partial charge in [0.05, 0.1) is 5.69 Å². The van der Waals surface area contributed by atoms with Crippen molar-refractivity contribution in [2.45, 2.75) is 13.8 Å². The first kappa shape index (κ1) is 10.5. The largest absolute Gasteiger partial charge is 0.437 e. The lowest BCUT2D eigenvalue weighted by atomic mass is 10.1. The number of aromatic nitrogens is 1. The van der Waals surface area contributed by atoms with Crippen LogP contribution < -0.4 is 10.5 Å². The fourth-order valence-electron chi connectivity index (χ4n) is 1.43. The van der Waals surface area contributed by atoms with E-state index < -0.39 is 0 Å². The highest BCUT2D eigenvalue weighted by Gasteiger charge is 2.06. The van der Waals surface area contributed by atoms with Gasteiger partial charge in [-0.2, -0.15) is 0 Å². The molecule has 16 heavy (non-hydrogen) atoms. The number of benzene rings is 1. The summed E-state index contributed by atoms with van der Waals surface area (Å²) in [5.41, 5.74) is 8.61. The molecule has 82 valence electrons. The van der Waals surface area contributed by atoms with Crippen molar-refractivity contribution in [1.29, 1.82) is 0 Å². The van der Waals surface area contributed by atoms with Crippen LogP contribution in [0.5, 0.6) is 11.6 Å². The Hall–Kier alpha value is -2.03. The van der Waals surface area contributed by atoms with Gasteiger partial charge in [-0.3, -0.25) is 0 Å². The molecule has 0 saturated carbocycles. The predicted molar refractivity (Wildman–Crippen MR) is 64.6 cm³/mol. The molecule has 0 bridgehead atoms. The molecule has 1 aromatic heterocycles. The van der Waals surface area contributed by atoms with Crippen LogP contribution in [0.2, 0.25) is 0 Å². The fourth-order valence-corrected chi connectivity index (χ4v) is 1.43. The number of aryl methyl sites for hydroxylation is 1. The van der Waals surface area contributed by atoms with Crippen molar-refractivity contribution in [3.63, 3.8) is 0 Å². The van der Waals surface area contributed by atoms with Gasteiger partial charge in [0.15, 0.2) is 0 Å². The summed E-state index contributed by atoms with van der Waals surface area (Å²) in [5, 5.41) is 0. The molecule has 0 unspecified atom stereocenters. The van der Waals surface area contributed by atoms with Crippen LogP contribution in [0.25, 0.3) is 0 Å². The summed E-state index contributed by atoms with van der Waals surface area (Å²) in [6, 6.07) is 9.47. The maximum absolute atomic E-state index is 5.77. The second-order valence-electron chi connectivity index (χ2n) is 3.70. The molecule has 0 atom stereocenters. The molecule has 0 spiro atoms. The van der Waals surface area contributed by atoms with E-state index in [9.17, 15) is 0 Å². The highest BCUT2D eigenvalue weighted by molar-refractivity contribution is 5.50. The number of nitrogen functional groups attached to an aromatic ring is 1. The van der Waals surface area contributed by atoms with Gasteiger partial charge >= 0.3 is 0 Å². The van der Waals surface area contributed by atoms with Crippen LogP contribution in [-0.4, -0.2) is 4.98 Å². The Labute approximate surface area is 94.9 Å². The maximum atomic E-state index is 5.77. The van der Waals surface area contributed by atoms with Gasteiger partial charge in [0.25, 0.3) is 0 Å². The van der Waals surface area contributed by atoms with Crippen molar-refractivity contribution >= 4 is 5.69 Å². The molecule has 3 nitrogen and oxygen atoms in total. The van der Waals surface area contributed by atoms with Crippen molar-refractivity contribution in [2.75, 3.05) is 5.73 Å². The minimum absolute atomic E-state index is 0.455. The molecule has 0 radical (unpaired) electrons. The van der Waals surface area contributed by atoms with Crippen LogP contribution in [0.1, 0.15) is 11.1 Å². The highest BCUT2D eigenvalue weighted by atomic mass is 16.5. The van der Waals surface area contributed by atoms with Crippen LogP contribution in [-0.2, 0) is 0 Å². The van der Waals surface area contributed by atoms with Gasteiger partial charge in [-0.25, -0.2) is 4.98 Å². The third-order valence-corrected chi connectivity index (χ3v) is 2.56. The van der Waals surface area contributed by atoms with E-state index in [1.165, 1.54) is 5.56 Å². The molecular formula is C13H14N2O. The Balaban J connectivity index is 2.35. The number of hydrogen-bond acceptors (Lipinski definition) is 3. The number of ether oxygens (including phenoxy) is 1. The van der Waals surface area contributed by atoms with Crippen LogP contribution >= 0.6 is 0 Å². The molecule has 2 aromatic rings. The fraction of sp³-hybridized carbons (Fsp3) is 0.154. The predicted octanol–water partition coefficient (Wildman–Crippen LogP) is 3.07. The summed E-state index contributed by atoms with van der Waals surface area (Å²) in [7, 11) is 0. The SMILES string of the molecule is Cc1cccc(Oc2ncccc2N)c1C. The lowest BCUT2D eigenvalue weighted by Crippen LogP contribution is -1.96. The third kappa shape index (κ3) is 1.98. The van der Waals surface area contributed by atoms with Crippen molar-refractivity contribution in [3.05, 3.63) is 47.7 Å². The van der Waals surface area contributed by atoms with E-state index in [0.29, 0.717) is 11.6 Å². The summed E-state index contributed by atoms with van der Waals surface area (Å²) in [6.45, 7) is 4.06. The van der Waals surface area contributed by atoms with Crippen molar-refractivity contribution < 1.29 is 4.74 Å². The number of anilines is 1. The number of pyridine rings is 1. The summed E-state index contributed by atoms with van der Waals surface area (Å²) < 4.78 is 5.68. The molecule has 2 rings (SSSR count). The number of hydrogen-bond donors (Lipinski definition) is 1. The van der Waals surface area contributed by atoms with Crippen LogP contribution in [0.4, 0.5) is 5.69 Å². The van der Waals surface area contributed by atoms with Gasteiger partial charge in [0, 0.05) is 6.20 Å². The Morgan fingerprint density at radius 2 is 1.94 bits per heavy atom. The van der Waals surface area contributed by atoms with Gasteiger partial charge in [-0.15, -0.1) is 0 Å². The second-order valence-corrected chi connectivity index (χ2v) is 3.70. The monoisotopic (exact) mass is 214 g/mol. The van der Waals surface area contributed by atoms with Crippen LogP contribution in [0.15, 0.2) is 36.5 Å². The van der Waals surface area contributed by atoms with Crippen molar-refractivity contribution in [1.82, 2.24) is 4.98 Å². The normalized spacial score (nSPS) is 10.1. The lowest BCUT2D eigenvalue weighted by molar-refractivity contribution is 0.461. The molecule has 1 aromatic carbocycles. The summed E-state index contributed by atoms with van der Waals surface area (Å²) in [5.74, 6) is 1.25. The average Bonchev–Trinajstić information content (AvgIpc) is 2.28. The zero-order valence-corrected chi connectivity index (χ0v) is 9.40.